The molecule has 4 nitrogen and oxygen atoms in total. The number of aryl methyl sites for hydroxylation is 1. The van der Waals surface area contributed by atoms with Gasteiger partial charge in [-0.15, -0.1) is 0 Å². The van der Waals surface area contributed by atoms with Crippen LogP contribution < -0.4 is 11.1 Å². The highest BCUT2D eigenvalue weighted by molar-refractivity contribution is 5.93. The summed E-state index contributed by atoms with van der Waals surface area (Å²) in [6, 6.07) is 6.02. The van der Waals surface area contributed by atoms with Gasteiger partial charge in [-0.05, 0) is 55.9 Å². The molecule has 1 fully saturated rings. The number of hydrogen-bond acceptors (Lipinski definition) is 3. The molecule has 0 spiro atoms. The lowest BCUT2D eigenvalue weighted by atomic mass is 9.86. The summed E-state index contributed by atoms with van der Waals surface area (Å²) in [5.41, 5.74) is 8.30. The van der Waals surface area contributed by atoms with E-state index in [1.54, 1.807) is 0 Å². The van der Waals surface area contributed by atoms with Gasteiger partial charge in [0.1, 0.15) is 0 Å². The van der Waals surface area contributed by atoms with Crippen molar-refractivity contribution in [3.8, 4) is 0 Å². The van der Waals surface area contributed by atoms with Crippen molar-refractivity contribution in [1.29, 1.82) is 0 Å². The predicted octanol–water partition coefficient (Wildman–Crippen LogP) is 2.88. The number of anilines is 2. The van der Waals surface area contributed by atoms with E-state index in [4.69, 9.17) is 5.73 Å². The van der Waals surface area contributed by atoms with Gasteiger partial charge < -0.3 is 11.1 Å². The molecule has 0 aromatic heterocycles. The third kappa shape index (κ3) is 3.97. The number of rotatable bonds is 3. The van der Waals surface area contributed by atoms with Crippen molar-refractivity contribution < 1.29 is 4.79 Å². The van der Waals surface area contributed by atoms with Gasteiger partial charge in [0.15, 0.2) is 0 Å². The van der Waals surface area contributed by atoms with E-state index >= 15 is 0 Å². The number of carbonyl (C=O) groups excluding carboxylic acids is 1. The molecule has 116 valence electrons. The summed E-state index contributed by atoms with van der Waals surface area (Å²) >= 11 is 0. The molecule has 4 heteroatoms. The maximum Gasteiger partial charge on any atom is 0.238 e. The van der Waals surface area contributed by atoms with Gasteiger partial charge in [0.05, 0.1) is 6.54 Å². The minimum Gasteiger partial charge on any atom is -0.399 e. The van der Waals surface area contributed by atoms with Crippen LogP contribution in [0.1, 0.15) is 32.8 Å². The molecule has 1 aliphatic rings. The van der Waals surface area contributed by atoms with Crippen LogP contribution >= 0.6 is 0 Å². The zero-order valence-electron chi connectivity index (χ0n) is 13.5. The van der Waals surface area contributed by atoms with Crippen LogP contribution in [0.15, 0.2) is 18.2 Å². The molecule has 3 N–H and O–H groups in total. The predicted molar refractivity (Wildman–Crippen MR) is 88.2 cm³/mol. The van der Waals surface area contributed by atoms with E-state index in [0.717, 1.165) is 23.5 Å². The molecule has 3 unspecified atom stereocenters. The molecular weight excluding hydrogens is 262 g/mol. The number of carbonyl (C=O) groups is 1. The van der Waals surface area contributed by atoms with Crippen LogP contribution in [0.2, 0.25) is 0 Å². The summed E-state index contributed by atoms with van der Waals surface area (Å²) in [5.74, 6) is 1.35. The number of nitrogen functional groups attached to an aromatic ring is 1. The second-order valence-corrected chi connectivity index (χ2v) is 6.61. The van der Waals surface area contributed by atoms with Crippen molar-refractivity contribution in [2.75, 3.05) is 24.1 Å². The van der Waals surface area contributed by atoms with Gasteiger partial charge in [0.2, 0.25) is 5.91 Å². The van der Waals surface area contributed by atoms with E-state index in [9.17, 15) is 4.79 Å². The first-order valence-electron chi connectivity index (χ1n) is 7.77. The first-order valence-corrected chi connectivity index (χ1v) is 7.77. The smallest absolute Gasteiger partial charge is 0.238 e. The normalized spacial score (nSPS) is 26.6. The third-order valence-electron chi connectivity index (χ3n) is 4.59. The van der Waals surface area contributed by atoms with Crippen LogP contribution in [-0.2, 0) is 4.79 Å². The topological polar surface area (TPSA) is 58.4 Å². The number of benzene rings is 1. The van der Waals surface area contributed by atoms with Gasteiger partial charge in [-0.3, -0.25) is 9.69 Å². The number of likely N-dealkylation sites (tertiary alicyclic amines) is 1. The second kappa shape index (κ2) is 6.48. The molecule has 0 aliphatic carbocycles. The Morgan fingerprint density at radius 3 is 2.76 bits per heavy atom. The number of piperidine rings is 1. The maximum atomic E-state index is 12.3. The summed E-state index contributed by atoms with van der Waals surface area (Å²) in [6.07, 6.45) is 1.25. The second-order valence-electron chi connectivity index (χ2n) is 6.61. The van der Waals surface area contributed by atoms with Crippen molar-refractivity contribution in [3.05, 3.63) is 23.8 Å². The van der Waals surface area contributed by atoms with Crippen LogP contribution in [0.25, 0.3) is 0 Å². The zero-order valence-corrected chi connectivity index (χ0v) is 13.5. The molecule has 21 heavy (non-hydrogen) atoms. The van der Waals surface area contributed by atoms with E-state index in [1.165, 1.54) is 6.42 Å². The van der Waals surface area contributed by atoms with Gasteiger partial charge in [-0.1, -0.05) is 13.8 Å². The van der Waals surface area contributed by atoms with E-state index in [0.29, 0.717) is 24.4 Å². The number of nitrogens with zero attached hydrogens (tertiary/aromatic N) is 1. The number of nitrogens with one attached hydrogen (secondary N) is 1. The highest BCUT2D eigenvalue weighted by Crippen LogP contribution is 2.26. The molecule has 3 atom stereocenters. The van der Waals surface area contributed by atoms with E-state index < -0.39 is 0 Å². The van der Waals surface area contributed by atoms with Crippen molar-refractivity contribution >= 4 is 17.3 Å². The largest absolute Gasteiger partial charge is 0.399 e. The fraction of sp³-hybridized carbons (Fsp3) is 0.588. The van der Waals surface area contributed by atoms with Crippen LogP contribution in [0.4, 0.5) is 11.4 Å². The van der Waals surface area contributed by atoms with Crippen LogP contribution in [0.5, 0.6) is 0 Å². The van der Waals surface area contributed by atoms with Gasteiger partial charge in [0.25, 0.3) is 0 Å². The summed E-state index contributed by atoms with van der Waals surface area (Å²) in [7, 11) is 0. The van der Waals surface area contributed by atoms with Gasteiger partial charge in [-0.25, -0.2) is 0 Å². The van der Waals surface area contributed by atoms with Crippen LogP contribution in [0, 0.1) is 18.8 Å². The van der Waals surface area contributed by atoms with Crippen molar-refractivity contribution in [2.45, 2.75) is 40.2 Å². The highest BCUT2D eigenvalue weighted by atomic mass is 16.2. The molecule has 1 aromatic carbocycles. The summed E-state index contributed by atoms with van der Waals surface area (Å²) in [5, 5.41) is 3.00. The molecular formula is C17H27N3O. The molecule has 0 saturated carbocycles. The lowest BCUT2D eigenvalue weighted by molar-refractivity contribution is -0.118. The van der Waals surface area contributed by atoms with Crippen LogP contribution in [0.3, 0.4) is 0 Å². The lowest BCUT2D eigenvalue weighted by Gasteiger charge is -2.40. The van der Waals surface area contributed by atoms with Crippen molar-refractivity contribution in [2.24, 2.45) is 11.8 Å². The number of amides is 1. The Balaban J connectivity index is 1.97. The Hall–Kier alpha value is -1.55. The first kappa shape index (κ1) is 15.8. The molecule has 1 amide bonds. The lowest BCUT2D eigenvalue weighted by Crippen LogP contribution is -2.48. The Morgan fingerprint density at radius 1 is 1.38 bits per heavy atom. The number of hydrogen-bond donors (Lipinski definition) is 2. The molecule has 1 aliphatic heterocycles. The SMILES string of the molecule is Cc1cc(N)ccc1NC(=O)CN1CC(C)CC(C)C1C. The van der Waals surface area contributed by atoms with Crippen molar-refractivity contribution in [3.63, 3.8) is 0 Å². The summed E-state index contributed by atoms with van der Waals surface area (Å²) < 4.78 is 0. The van der Waals surface area contributed by atoms with E-state index in [2.05, 4.69) is 31.0 Å². The fourth-order valence-electron chi connectivity index (χ4n) is 3.24. The minimum absolute atomic E-state index is 0.0519. The first-order chi connectivity index (χ1) is 9.86. The molecule has 1 heterocycles. The Kier molecular flexibility index (Phi) is 4.88. The van der Waals surface area contributed by atoms with Gasteiger partial charge in [0, 0.05) is 24.0 Å². The summed E-state index contributed by atoms with van der Waals surface area (Å²) in [6.45, 7) is 10.2. The zero-order chi connectivity index (χ0) is 15.6. The molecule has 1 saturated heterocycles. The Morgan fingerprint density at radius 2 is 2.10 bits per heavy atom. The standard InChI is InChI=1S/C17H27N3O/c1-11-7-12(2)14(4)20(9-11)10-17(21)19-16-6-5-15(18)8-13(16)3/h5-6,8,11-12,14H,7,9-10,18H2,1-4H3,(H,19,21). The maximum absolute atomic E-state index is 12.3. The third-order valence-corrected chi connectivity index (χ3v) is 4.59. The average molecular weight is 289 g/mol. The van der Waals surface area contributed by atoms with Gasteiger partial charge in [-0.2, -0.15) is 0 Å². The highest BCUT2D eigenvalue weighted by Gasteiger charge is 2.29. The fourth-order valence-corrected chi connectivity index (χ4v) is 3.24. The Bertz CT molecular complexity index is 515. The summed E-state index contributed by atoms with van der Waals surface area (Å²) in [4.78, 5) is 14.6. The molecule has 0 radical (unpaired) electrons. The molecule has 0 bridgehead atoms. The van der Waals surface area contributed by atoms with E-state index in [-0.39, 0.29) is 5.91 Å². The quantitative estimate of drug-likeness (QED) is 0.841. The van der Waals surface area contributed by atoms with Gasteiger partial charge >= 0.3 is 0 Å². The minimum atomic E-state index is 0.0519. The Labute approximate surface area is 127 Å². The van der Waals surface area contributed by atoms with Crippen LogP contribution in [-0.4, -0.2) is 29.9 Å². The number of nitrogens with two attached hydrogens (primary N) is 1. The monoisotopic (exact) mass is 289 g/mol. The average Bonchev–Trinajstić information content (AvgIpc) is 2.38. The van der Waals surface area contributed by atoms with E-state index in [1.807, 2.05) is 25.1 Å². The molecule has 2 rings (SSSR count). The molecule has 1 aromatic rings. The van der Waals surface area contributed by atoms with Crippen molar-refractivity contribution in [1.82, 2.24) is 4.90 Å².